The lowest BCUT2D eigenvalue weighted by molar-refractivity contribution is -0.148. The third kappa shape index (κ3) is 10.8. The molecule has 0 spiro atoms. The smallest absolute Gasteiger partial charge is 0.332 e. The molecule has 3 atom stereocenters. The van der Waals surface area contributed by atoms with Crippen molar-refractivity contribution in [2.75, 3.05) is 20.3 Å². The molecule has 5 nitrogen and oxygen atoms in total. The molecular formula is C23H38O5. The first-order chi connectivity index (χ1) is 13.6. The summed E-state index contributed by atoms with van der Waals surface area (Å²) in [6.45, 7) is 2.58. The highest BCUT2D eigenvalue weighted by Gasteiger charge is 2.28. The summed E-state index contributed by atoms with van der Waals surface area (Å²) in [5.41, 5.74) is 0. The highest BCUT2D eigenvalue weighted by atomic mass is 16.6. The van der Waals surface area contributed by atoms with Crippen molar-refractivity contribution < 1.29 is 24.2 Å². The summed E-state index contributed by atoms with van der Waals surface area (Å²) < 4.78 is 9.71. The van der Waals surface area contributed by atoms with Crippen molar-refractivity contribution >= 4 is 11.8 Å². The van der Waals surface area contributed by atoms with Crippen LogP contribution in [-0.4, -0.2) is 43.3 Å². The summed E-state index contributed by atoms with van der Waals surface area (Å²) in [5.74, 6) is 0.152. The van der Waals surface area contributed by atoms with E-state index in [1.807, 2.05) is 6.08 Å². The van der Waals surface area contributed by atoms with Gasteiger partial charge in [0.05, 0.1) is 12.7 Å². The van der Waals surface area contributed by atoms with Crippen molar-refractivity contribution in [1.29, 1.82) is 0 Å². The van der Waals surface area contributed by atoms with Gasteiger partial charge in [0.25, 0.3) is 0 Å². The second kappa shape index (κ2) is 15.5. The zero-order chi connectivity index (χ0) is 20.6. The second-order valence-corrected chi connectivity index (χ2v) is 7.62. The van der Waals surface area contributed by atoms with Gasteiger partial charge in [0.2, 0.25) is 0 Å². The van der Waals surface area contributed by atoms with Gasteiger partial charge in [-0.15, -0.1) is 0 Å². The highest BCUT2D eigenvalue weighted by molar-refractivity contribution is 5.94. The van der Waals surface area contributed by atoms with Crippen LogP contribution >= 0.6 is 0 Å². The average Bonchev–Trinajstić information content (AvgIpc) is 3.02. The summed E-state index contributed by atoms with van der Waals surface area (Å²) in [4.78, 5) is 23.3. The van der Waals surface area contributed by atoms with E-state index in [-0.39, 0.29) is 36.3 Å². The first-order valence-electron chi connectivity index (χ1n) is 10.8. The maximum Gasteiger partial charge on any atom is 0.332 e. The Balaban J connectivity index is 2.18. The molecule has 0 saturated carbocycles. The molecule has 0 aromatic heterocycles. The first kappa shape index (κ1) is 24.6. The minimum atomic E-state index is -0.327. The van der Waals surface area contributed by atoms with Gasteiger partial charge < -0.3 is 14.6 Å². The highest BCUT2D eigenvalue weighted by Crippen LogP contribution is 2.30. The van der Waals surface area contributed by atoms with Crippen molar-refractivity contribution in [3.8, 4) is 0 Å². The number of hydrogen-bond acceptors (Lipinski definition) is 5. The van der Waals surface area contributed by atoms with Gasteiger partial charge in [-0.3, -0.25) is 4.79 Å². The first-order valence-corrected chi connectivity index (χ1v) is 10.8. The van der Waals surface area contributed by atoms with E-state index in [0.29, 0.717) is 6.61 Å². The van der Waals surface area contributed by atoms with E-state index in [4.69, 9.17) is 9.47 Å². The Labute approximate surface area is 170 Å². The van der Waals surface area contributed by atoms with E-state index < -0.39 is 0 Å². The van der Waals surface area contributed by atoms with Crippen molar-refractivity contribution in [1.82, 2.24) is 0 Å². The Bertz CT molecular complexity index is 497. The maximum absolute atomic E-state index is 12.1. The summed E-state index contributed by atoms with van der Waals surface area (Å²) in [6, 6.07) is 0. The predicted octanol–water partition coefficient (Wildman–Crippen LogP) is 4.39. The number of ketones is 1. The van der Waals surface area contributed by atoms with Gasteiger partial charge >= 0.3 is 5.97 Å². The van der Waals surface area contributed by atoms with Crippen LogP contribution in [0.15, 0.2) is 24.3 Å². The molecule has 1 N–H and O–H groups in total. The fraction of sp³-hybridized carbons (Fsp3) is 0.739. The van der Waals surface area contributed by atoms with Crippen LogP contribution in [0.1, 0.15) is 71.1 Å². The molecular weight excluding hydrogens is 356 g/mol. The van der Waals surface area contributed by atoms with Crippen LogP contribution in [0, 0.1) is 11.8 Å². The topological polar surface area (TPSA) is 72.8 Å². The Morgan fingerprint density at radius 2 is 2.04 bits per heavy atom. The standard InChI is InChI=1S/C23H38O5/c1-3-4-8-11-20(24)15-13-19-14-16-22(25)21(19)12-9-6-5-7-10-17-28-23(26)18-27-2/h6,9,14,16,19-21,24H,3-5,7-8,10-13,15,17-18H2,1-2H3/b9-6-/t19-,20-,21+/m0/s1. The number of carbonyl (C=O) groups is 2. The lowest BCUT2D eigenvalue weighted by Gasteiger charge is -2.18. The molecule has 0 aromatic rings. The number of unbranched alkanes of at least 4 members (excludes halogenated alkanes) is 4. The second-order valence-electron chi connectivity index (χ2n) is 7.62. The van der Waals surface area contributed by atoms with Crippen LogP contribution in [0.25, 0.3) is 0 Å². The largest absolute Gasteiger partial charge is 0.464 e. The van der Waals surface area contributed by atoms with Crippen LogP contribution in [0.5, 0.6) is 0 Å². The molecule has 0 fully saturated rings. The molecule has 0 bridgehead atoms. The number of methoxy groups -OCH3 is 1. The minimum Gasteiger partial charge on any atom is -0.464 e. The van der Waals surface area contributed by atoms with Crippen LogP contribution < -0.4 is 0 Å². The lowest BCUT2D eigenvalue weighted by atomic mass is 9.86. The zero-order valence-corrected chi connectivity index (χ0v) is 17.6. The molecule has 5 heteroatoms. The van der Waals surface area contributed by atoms with Crippen molar-refractivity contribution in [3.05, 3.63) is 24.3 Å². The minimum absolute atomic E-state index is 0.000288. The van der Waals surface area contributed by atoms with E-state index >= 15 is 0 Å². The predicted molar refractivity (Wildman–Crippen MR) is 111 cm³/mol. The van der Waals surface area contributed by atoms with E-state index in [9.17, 15) is 14.7 Å². The van der Waals surface area contributed by atoms with Gasteiger partial charge in [-0.05, 0) is 56.9 Å². The van der Waals surface area contributed by atoms with Gasteiger partial charge in [-0.25, -0.2) is 4.79 Å². The van der Waals surface area contributed by atoms with Gasteiger partial charge in [-0.2, -0.15) is 0 Å². The Hall–Kier alpha value is -1.46. The monoisotopic (exact) mass is 394 g/mol. The van der Waals surface area contributed by atoms with Gasteiger partial charge in [0.15, 0.2) is 5.78 Å². The van der Waals surface area contributed by atoms with Crippen LogP contribution in [0.2, 0.25) is 0 Å². The van der Waals surface area contributed by atoms with Gasteiger partial charge in [-0.1, -0.05) is 44.4 Å². The molecule has 0 heterocycles. The van der Waals surface area contributed by atoms with Crippen LogP contribution in [0.4, 0.5) is 0 Å². The third-order valence-electron chi connectivity index (χ3n) is 5.21. The van der Waals surface area contributed by atoms with E-state index in [0.717, 1.165) is 51.4 Å². The van der Waals surface area contributed by atoms with Gasteiger partial charge in [0, 0.05) is 13.0 Å². The van der Waals surface area contributed by atoms with Crippen molar-refractivity contribution in [2.45, 2.75) is 77.2 Å². The van der Waals surface area contributed by atoms with Gasteiger partial charge in [0.1, 0.15) is 6.61 Å². The summed E-state index contributed by atoms with van der Waals surface area (Å²) in [6.07, 6.45) is 17.1. The van der Waals surface area contributed by atoms with Crippen LogP contribution in [0.3, 0.4) is 0 Å². The van der Waals surface area contributed by atoms with Crippen molar-refractivity contribution in [3.63, 3.8) is 0 Å². The number of esters is 1. The molecule has 0 aromatic carbocycles. The summed E-state index contributed by atoms with van der Waals surface area (Å²) in [7, 11) is 1.47. The SMILES string of the molecule is CCCCC[C@H](O)CC[C@H]1C=CC(=O)[C@@H]1C/C=C\CCCCOC(=O)COC. The third-order valence-corrected chi connectivity index (χ3v) is 5.21. The number of hydrogen-bond donors (Lipinski definition) is 1. The van der Waals surface area contributed by atoms with Crippen molar-refractivity contribution in [2.24, 2.45) is 11.8 Å². The molecule has 0 saturated heterocycles. The van der Waals surface area contributed by atoms with E-state index in [1.54, 1.807) is 6.08 Å². The number of ether oxygens (including phenoxy) is 2. The summed E-state index contributed by atoms with van der Waals surface area (Å²) in [5, 5.41) is 10.1. The maximum atomic E-state index is 12.1. The molecule has 28 heavy (non-hydrogen) atoms. The number of carbonyl (C=O) groups excluding carboxylic acids is 2. The fourth-order valence-corrected chi connectivity index (χ4v) is 3.51. The van der Waals surface area contributed by atoms with E-state index in [2.05, 4.69) is 19.1 Å². The molecule has 0 unspecified atom stereocenters. The normalized spacial score (nSPS) is 20.2. The molecule has 160 valence electrons. The number of aliphatic hydroxyl groups is 1. The molecule has 1 aliphatic rings. The Morgan fingerprint density at radius 3 is 2.79 bits per heavy atom. The molecule has 1 rings (SSSR count). The summed E-state index contributed by atoms with van der Waals surface area (Å²) >= 11 is 0. The molecule has 1 aliphatic carbocycles. The number of aliphatic hydroxyl groups excluding tert-OH is 1. The molecule has 0 aliphatic heterocycles. The lowest BCUT2D eigenvalue weighted by Crippen LogP contribution is -2.17. The quantitative estimate of drug-likeness (QED) is 0.239. The zero-order valence-electron chi connectivity index (χ0n) is 17.6. The molecule has 0 radical (unpaired) electrons. The van der Waals surface area contributed by atoms with Crippen LogP contribution in [-0.2, 0) is 19.1 Å². The van der Waals surface area contributed by atoms with E-state index in [1.165, 1.54) is 20.0 Å². The Morgan fingerprint density at radius 1 is 1.21 bits per heavy atom. The fourth-order valence-electron chi connectivity index (χ4n) is 3.51. The number of allylic oxidation sites excluding steroid dienone is 4. The molecule has 0 amide bonds. The average molecular weight is 395 g/mol. The number of rotatable bonds is 16. The Kier molecular flexibility index (Phi) is 13.6.